The third kappa shape index (κ3) is 2.88. The van der Waals surface area contributed by atoms with Crippen molar-refractivity contribution in [2.75, 3.05) is 18.8 Å². The number of carbonyl (C=O) groups is 1. The van der Waals surface area contributed by atoms with Gasteiger partial charge in [0.1, 0.15) is 5.41 Å². The van der Waals surface area contributed by atoms with E-state index in [9.17, 15) is 4.79 Å². The number of hydrogen-bond donors (Lipinski definition) is 0. The zero-order valence-corrected chi connectivity index (χ0v) is 10.6. The summed E-state index contributed by atoms with van der Waals surface area (Å²) >= 11 is 1.88. The minimum absolute atomic E-state index is 0.0432. The number of hydrogen-bond acceptors (Lipinski definition) is 3. The fraction of sp³-hybridized carbons (Fsp3) is 0.818. The minimum atomic E-state index is -0.891. The summed E-state index contributed by atoms with van der Waals surface area (Å²) in [6, 6.07) is 2.07. The van der Waals surface area contributed by atoms with Crippen LogP contribution >= 0.6 is 11.8 Å². The molecule has 1 aliphatic heterocycles. The Kier molecular flexibility index (Phi) is 3.34. The van der Waals surface area contributed by atoms with Crippen molar-refractivity contribution in [1.29, 1.82) is 5.26 Å². The third-order valence-electron chi connectivity index (χ3n) is 2.53. The fourth-order valence-electron chi connectivity index (χ4n) is 1.63. The normalized spacial score (nSPS) is 20.9. The summed E-state index contributed by atoms with van der Waals surface area (Å²) in [6.45, 7) is 9.14. The van der Waals surface area contributed by atoms with Crippen LogP contribution in [0.3, 0.4) is 0 Å². The molecule has 0 N–H and O–H groups in total. The molecule has 3 nitrogen and oxygen atoms in total. The summed E-state index contributed by atoms with van der Waals surface area (Å²) in [7, 11) is 0. The van der Waals surface area contributed by atoms with Gasteiger partial charge in [0.05, 0.1) is 6.07 Å². The first-order valence-corrected chi connectivity index (χ1v) is 6.12. The maximum atomic E-state index is 12.0. The van der Waals surface area contributed by atoms with Gasteiger partial charge in [0.25, 0.3) is 0 Å². The van der Waals surface area contributed by atoms with E-state index in [2.05, 4.69) is 19.9 Å². The largest absolute Gasteiger partial charge is 0.339 e. The molecule has 4 heteroatoms. The summed E-state index contributed by atoms with van der Waals surface area (Å²) in [4.78, 5) is 13.9. The lowest BCUT2D eigenvalue weighted by atomic mass is 9.93. The van der Waals surface area contributed by atoms with E-state index in [1.165, 1.54) is 0 Å². The van der Waals surface area contributed by atoms with Crippen LogP contribution in [0.2, 0.25) is 0 Å². The molecule has 1 fully saturated rings. The second-order valence-corrected chi connectivity index (χ2v) is 6.87. The molecule has 1 amide bonds. The lowest BCUT2D eigenvalue weighted by Crippen LogP contribution is -2.50. The van der Waals surface area contributed by atoms with Gasteiger partial charge in [-0.05, 0) is 27.7 Å². The van der Waals surface area contributed by atoms with E-state index < -0.39 is 5.41 Å². The van der Waals surface area contributed by atoms with Crippen LogP contribution in [0.1, 0.15) is 27.7 Å². The first-order valence-electron chi connectivity index (χ1n) is 5.13. The summed E-state index contributed by atoms with van der Waals surface area (Å²) in [5.41, 5.74) is -0.891. The monoisotopic (exact) mass is 226 g/mol. The Morgan fingerprint density at radius 3 is 2.60 bits per heavy atom. The summed E-state index contributed by atoms with van der Waals surface area (Å²) in [6.07, 6.45) is 0. The van der Waals surface area contributed by atoms with Gasteiger partial charge in [0, 0.05) is 23.6 Å². The van der Waals surface area contributed by atoms with E-state index in [0.717, 1.165) is 18.8 Å². The summed E-state index contributed by atoms with van der Waals surface area (Å²) < 4.78 is 0.111. The van der Waals surface area contributed by atoms with E-state index >= 15 is 0 Å². The SMILES string of the molecule is CC1(C)CN(C(=O)C(C)(C)C#N)CCS1. The topological polar surface area (TPSA) is 44.1 Å². The van der Waals surface area contributed by atoms with Gasteiger partial charge in [-0.15, -0.1) is 0 Å². The van der Waals surface area contributed by atoms with Gasteiger partial charge in [-0.25, -0.2) is 0 Å². The van der Waals surface area contributed by atoms with Crippen molar-refractivity contribution in [3.05, 3.63) is 0 Å². The van der Waals surface area contributed by atoms with E-state index in [-0.39, 0.29) is 10.7 Å². The summed E-state index contributed by atoms with van der Waals surface area (Å²) in [5.74, 6) is 0.915. The second kappa shape index (κ2) is 4.05. The Morgan fingerprint density at radius 1 is 1.53 bits per heavy atom. The highest BCUT2D eigenvalue weighted by Crippen LogP contribution is 2.31. The van der Waals surface area contributed by atoms with Crippen molar-refractivity contribution in [3.8, 4) is 6.07 Å². The van der Waals surface area contributed by atoms with Crippen molar-refractivity contribution in [1.82, 2.24) is 4.90 Å². The van der Waals surface area contributed by atoms with Crippen LogP contribution in [0.25, 0.3) is 0 Å². The molecule has 84 valence electrons. The number of thioether (sulfide) groups is 1. The van der Waals surface area contributed by atoms with Crippen molar-refractivity contribution in [2.45, 2.75) is 32.4 Å². The van der Waals surface area contributed by atoms with Gasteiger partial charge >= 0.3 is 0 Å². The van der Waals surface area contributed by atoms with Gasteiger partial charge in [-0.3, -0.25) is 4.79 Å². The molecular weight excluding hydrogens is 208 g/mol. The molecule has 1 rings (SSSR count). The van der Waals surface area contributed by atoms with E-state index in [0.29, 0.717) is 0 Å². The zero-order chi connectivity index (χ0) is 11.7. The van der Waals surface area contributed by atoms with Crippen molar-refractivity contribution < 1.29 is 4.79 Å². The third-order valence-corrected chi connectivity index (χ3v) is 3.82. The number of rotatable bonds is 1. The Morgan fingerprint density at radius 2 is 2.13 bits per heavy atom. The van der Waals surface area contributed by atoms with Crippen molar-refractivity contribution in [2.24, 2.45) is 5.41 Å². The Balaban J connectivity index is 2.74. The molecule has 0 bridgehead atoms. The molecule has 0 spiro atoms. The molecule has 0 aromatic carbocycles. The van der Waals surface area contributed by atoms with Crippen LogP contribution in [-0.4, -0.2) is 34.4 Å². The van der Waals surface area contributed by atoms with Crippen LogP contribution in [0.15, 0.2) is 0 Å². The van der Waals surface area contributed by atoms with Crippen LogP contribution in [0, 0.1) is 16.7 Å². The first kappa shape index (κ1) is 12.4. The van der Waals surface area contributed by atoms with Crippen molar-refractivity contribution >= 4 is 17.7 Å². The van der Waals surface area contributed by atoms with Crippen LogP contribution < -0.4 is 0 Å². The van der Waals surface area contributed by atoms with Crippen LogP contribution in [0.5, 0.6) is 0 Å². The zero-order valence-electron chi connectivity index (χ0n) is 9.83. The molecule has 0 saturated carbocycles. The van der Waals surface area contributed by atoms with Crippen LogP contribution in [-0.2, 0) is 4.79 Å². The highest BCUT2D eigenvalue weighted by atomic mass is 32.2. The Labute approximate surface area is 95.8 Å². The van der Waals surface area contributed by atoms with Gasteiger partial charge in [-0.2, -0.15) is 17.0 Å². The number of amides is 1. The molecule has 0 aliphatic carbocycles. The molecule has 0 atom stereocenters. The highest BCUT2D eigenvalue weighted by Gasteiger charge is 2.37. The maximum Gasteiger partial charge on any atom is 0.242 e. The summed E-state index contributed by atoms with van der Waals surface area (Å²) in [5, 5.41) is 8.92. The minimum Gasteiger partial charge on any atom is -0.339 e. The van der Waals surface area contributed by atoms with Gasteiger partial charge in [0.2, 0.25) is 5.91 Å². The number of nitriles is 1. The standard InChI is InChI=1S/C11H18N2OS/c1-10(2,7-12)9(14)13-5-6-15-11(3,4)8-13/h5-6,8H2,1-4H3. The number of carbonyl (C=O) groups excluding carboxylic acids is 1. The number of nitrogens with zero attached hydrogens (tertiary/aromatic N) is 2. The quantitative estimate of drug-likeness (QED) is 0.686. The van der Waals surface area contributed by atoms with Crippen molar-refractivity contribution in [3.63, 3.8) is 0 Å². The smallest absolute Gasteiger partial charge is 0.242 e. The lowest BCUT2D eigenvalue weighted by molar-refractivity contribution is -0.137. The molecule has 0 aromatic heterocycles. The maximum absolute atomic E-state index is 12.0. The average Bonchev–Trinajstić information content (AvgIpc) is 2.15. The van der Waals surface area contributed by atoms with Gasteiger partial charge in [0.15, 0.2) is 0 Å². The van der Waals surface area contributed by atoms with E-state index in [1.807, 2.05) is 16.7 Å². The molecular formula is C11H18N2OS. The highest BCUT2D eigenvalue weighted by molar-refractivity contribution is 8.00. The molecule has 1 heterocycles. The molecule has 15 heavy (non-hydrogen) atoms. The first-order chi connectivity index (χ1) is 6.78. The Bertz CT molecular complexity index is 304. The van der Waals surface area contributed by atoms with Gasteiger partial charge in [-0.1, -0.05) is 0 Å². The second-order valence-electron chi connectivity index (χ2n) is 5.07. The molecule has 0 aromatic rings. The molecule has 0 radical (unpaired) electrons. The average molecular weight is 226 g/mol. The van der Waals surface area contributed by atoms with E-state index in [4.69, 9.17) is 5.26 Å². The van der Waals surface area contributed by atoms with Gasteiger partial charge < -0.3 is 4.90 Å². The Hall–Kier alpha value is -0.690. The molecule has 0 unspecified atom stereocenters. The molecule has 1 saturated heterocycles. The molecule has 1 aliphatic rings. The van der Waals surface area contributed by atoms with Crippen LogP contribution in [0.4, 0.5) is 0 Å². The van der Waals surface area contributed by atoms with E-state index in [1.54, 1.807) is 13.8 Å². The predicted octanol–water partition coefficient (Wildman–Crippen LogP) is 1.89. The lowest BCUT2D eigenvalue weighted by Gasteiger charge is -2.39. The fourth-order valence-corrected chi connectivity index (χ4v) is 2.74. The predicted molar refractivity (Wildman–Crippen MR) is 62.5 cm³/mol.